The summed E-state index contributed by atoms with van der Waals surface area (Å²) in [6, 6.07) is 9.73. The molecule has 3 N–H and O–H groups in total. The average Bonchev–Trinajstić information content (AvgIpc) is 2.71. The summed E-state index contributed by atoms with van der Waals surface area (Å²) in [6.07, 6.45) is 1.63. The second-order valence-corrected chi connectivity index (χ2v) is 7.10. The van der Waals surface area contributed by atoms with Gasteiger partial charge in [-0.05, 0) is 26.0 Å². The molecule has 3 heterocycles. The van der Waals surface area contributed by atoms with Crippen molar-refractivity contribution in [3.8, 4) is 6.07 Å². The van der Waals surface area contributed by atoms with Crippen LogP contribution in [0.5, 0.6) is 0 Å². The third-order valence-corrected chi connectivity index (χ3v) is 4.67. The zero-order valence-electron chi connectivity index (χ0n) is 16.3. The van der Waals surface area contributed by atoms with Crippen molar-refractivity contribution in [2.24, 2.45) is 0 Å². The van der Waals surface area contributed by atoms with Gasteiger partial charge in [-0.2, -0.15) is 5.26 Å². The maximum absolute atomic E-state index is 8.98. The summed E-state index contributed by atoms with van der Waals surface area (Å²) in [5.41, 5.74) is 7.69. The normalized spacial score (nSPS) is 19.1. The molecule has 29 heavy (non-hydrogen) atoms. The molecule has 2 atom stereocenters. The molecule has 1 saturated heterocycles. The molecule has 0 radical (unpaired) electrons. The first-order chi connectivity index (χ1) is 14.0. The first-order valence-corrected chi connectivity index (χ1v) is 9.46. The lowest BCUT2D eigenvalue weighted by Crippen LogP contribution is -2.46. The van der Waals surface area contributed by atoms with Crippen molar-refractivity contribution in [3.05, 3.63) is 41.9 Å². The summed E-state index contributed by atoms with van der Waals surface area (Å²) >= 11 is 0. The van der Waals surface area contributed by atoms with Crippen LogP contribution in [0, 0.1) is 11.3 Å². The van der Waals surface area contributed by atoms with E-state index in [0.717, 1.165) is 29.9 Å². The van der Waals surface area contributed by atoms with Crippen LogP contribution in [0.3, 0.4) is 0 Å². The summed E-state index contributed by atoms with van der Waals surface area (Å²) in [5.74, 6) is 2.06. The number of anilines is 3. The minimum absolute atomic E-state index is 0.0986. The molecular formula is C20H22N8O. The number of nitriles is 1. The lowest BCUT2D eigenvalue weighted by Gasteiger charge is -2.36. The number of fused-ring (bicyclic) bond motifs is 1. The van der Waals surface area contributed by atoms with Crippen LogP contribution in [0.4, 0.5) is 17.5 Å². The molecule has 9 heteroatoms. The van der Waals surface area contributed by atoms with E-state index in [0.29, 0.717) is 18.2 Å². The van der Waals surface area contributed by atoms with Crippen LogP contribution in [-0.4, -0.2) is 45.2 Å². The number of hydrogen-bond acceptors (Lipinski definition) is 9. The summed E-state index contributed by atoms with van der Waals surface area (Å²) in [4.78, 5) is 20.2. The smallest absolute Gasteiger partial charge is 0.172 e. The van der Waals surface area contributed by atoms with E-state index in [-0.39, 0.29) is 23.6 Å². The van der Waals surface area contributed by atoms with Gasteiger partial charge in [0.2, 0.25) is 0 Å². The molecule has 1 aliphatic heterocycles. The molecule has 4 rings (SSSR count). The molecule has 0 aliphatic carbocycles. The highest BCUT2D eigenvalue weighted by atomic mass is 16.5. The number of hydrogen-bond donors (Lipinski definition) is 2. The molecule has 0 amide bonds. The zero-order valence-corrected chi connectivity index (χ0v) is 16.3. The van der Waals surface area contributed by atoms with Crippen molar-refractivity contribution in [3.63, 3.8) is 0 Å². The van der Waals surface area contributed by atoms with Crippen molar-refractivity contribution in [1.82, 2.24) is 19.9 Å². The number of aromatic nitrogens is 4. The van der Waals surface area contributed by atoms with Crippen molar-refractivity contribution in [1.29, 1.82) is 5.26 Å². The Bertz CT molecular complexity index is 1070. The van der Waals surface area contributed by atoms with E-state index < -0.39 is 0 Å². The molecule has 0 saturated carbocycles. The largest absolute Gasteiger partial charge is 0.382 e. The SMILES string of the molecule is CC1CN(c2nc3ccccc3nc2NCc2ncc(C#N)c(N)n2)CC(C)O1. The highest BCUT2D eigenvalue weighted by molar-refractivity contribution is 5.80. The maximum Gasteiger partial charge on any atom is 0.172 e. The molecule has 9 nitrogen and oxygen atoms in total. The first-order valence-electron chi connectivity index (χ1n) is 9.46. The standard InChI is InChI=1S/C20H22N8O/c1-12-10-28(11-13(2)29-12)20-19(25-15-5-3-4-6-16(15)26-20)24-9-17-23-8-14(7-21)18(22)27-17/h3-6,8,12-13H,9-11H2,1-2H3,(H,24,25)(H2,22,23,27). The third kappa shape index (κ3) is 4.02. The molecule has 1 fully saturated rings. The molecular weight excluding hydrogens is 368 g/mol. The number of para-hydroxylation sites is 2. The quantitative estimate of drug-likeness (QED) is 0.688. The molecule has 0 spiro atoms. The van der Waals surface area contributed by atoms with Gasteiger partial charge in [0.1, 0.15) is 23.3 Å². The fraction of sp³-hybridized carbons (Fsp3) is 0.350. The van der Waals surface area contributed by atoms with Gasteiger partial charge in [0.25, 0.3) is 0 Å². The Labute approximate surface area is 168 Å². The van der Waals surface area contributed by atoms with Gasteiger partial charge in [-0.25, -0.2) is 19.9 Å². The van der Waals surface area contributed by atoms with Gasteiger partial charge in [-0.1, -0.05) is 12.1 Å². The van der Waals surface area contributed by atoms with E-state index in [2.05, 4.69) is 34.0 Å². The molecule has 0 bridgehead atoms. The van der Waals surface area contributed by atoms with Crippen LogP contribution >= 0.6 is 0 Å². The molecule has 3 aromatic rings. The highest BCUT2D eigenvalue weighted by Gasteiger charge is 2.26. The Balaban J connectivity index is 1.66. The van der Waals surface area contributed by atoms with Crippen molar-refractivity contribution in [2.75, 3.05) is 29.0 Å². The van der Waals surface area contributed by atoms with E-state index in [1.54, 1.807) is 0 Å². The molecule has 148 valence electrons. The van der Waals surface area contributed by atoms with Crippen LogP contribution in [-0.2, 0) is 11.3 Å². The summed E-state index contributed by atoms with van der Waals surface area (Å²) in [6.45, 7) is 5.87. The predicted molar refractivity (Wildman–Crippen MR) is 110 cm³/mol. The predicted octanol–water partition coefficient (Wildman–Crippen LogP) is 2.10. The van der Waals surface area contributed by atoms with Crippen LogP contribution in [0.1, 0.15) is 25.2 Å². The van der Waals surface area contributed by atoms with Crippen molar-refractivity contribution < 1.29 is 4.74 Å². The van der Waals surface area contributed by atoms with E-state index in [1.807, 2.05) is 30.3 Å². The summed E-state index contributed by atoms with van der Waals surface area (Å²) in [7, 11) is 0. The second-order valence-electron chi connectivity index (χ2n) is 7.10. The highest BCUT2D eigenvalue weighted by Crippen LogP contribution is 2.28. The fourth-order valence-corrected chi connectivity index (χ4v) is 3.45. The number of nitrogens with zero attached hydrogens (tertiary/aromatic N) is 6. The van der Waals surface area contributed by atoms with Crippen LogP contribution in [0.15, 0.2) is 30.5 Å². The Morgan fingerprint density at radius 3 is 2.52 bits per heavy atom. The lowest BCUT2D eigenvalue weighted by atomic mass is 10.2. The number of benzene rings is 1. The Morgan fingerprint density at radius 1 is 1.17 bits per heavy atom. The van der Waals surface area contributed by atoms with Gasteiger partial charge in [0.15, 0.2) is 11.6 Å². The fourth-order valence-electron chi connectivity index (χ4n) is 3.45. The van der Waals surface area contributed by atoms with Gasteiger partial charge < -0.3 is 20.7 Å². The third-order valence-electron chi connectivity index (χ3n) is 4.67. The first kappa shape index (κ1) is 18.8. The van der Waals surface area contributed by atoms with E-state index >= 15 is 0 Å². The van der Waals surface area contributed by atoms with Gasteiger partial charge in [0, 0.05) is 13.1 Å². The van der Waals surface area contributed by atoms with Crippen molar-refractivity contribution in [2.45, 2.75) is 32.6 Å². The van der Waals surface area contributed by atoms with Crippen LogP contribution in [0.2, 0.25) is 0 Å². The monoisotopic (exact) mass is 390 g/mol. The molecule has 1 aliphatic rings. The number of rotatable bonds is 4. The second kappa shape index (κ2) is 7.85. The number of nitrogens with one attached hydrogen (secondary N) is 1. The number of ether oxygens (including phenoxy) is 1. The number of morpholine rings is 1. The Kier molecular flexibility index (Phi) is 5.10. The maximum atomic E-state index is 8.98. The van der Waals surface area contributed by atoms with Crippen molar-refractivity contribution >= 4 is 28.5 Å². The zero-order chi connectivity index (χ0) is 20.4. The van der Waals surface area contributed by atoms with E-state index in [9.17, 15) is 0 Å². The van der Waals surface area contributed by atoms with E-state index in [1.165, 1.54) is 6.20 Å². The topological polar surface area (TPSA) is 126 Å². The average molecular weight is 390 g/mol. The van der Waals surface area contributed by atoms with Crippen LogP contribution < -0.4 is 16.0 Å². The van der Waals surface area contributed by atoms with Crippen LogP contribution in [0.25, 0.3) is 11.0 Å². The Hall–Kier alpha value is -3.51. The van der Waals surface area contributed by atoms with E-state index in [4.69, 9.17) is 25.7 Å². The van der Waals surface area contributed by atoms with Gasteiger partial charge >= 0.3 is 0 Å². The molecule has 2 unspecified atom stereocenters. The minimum Gasteiger partial charge on any atom is -0.382 e. The molecule has 1 aromatic carbocycles. The van der Waals surface area contributed by atoms with Gasteiger partial charge in [-0.15, -0.1) is 0 Å². The van der Waals surface area contributed by atoms with Gasteiger partial charge in [0.05, 0.1) is 36.0 Å². The number of nitrogen functional groups attached to an aromatic ring is 1. The summed E-state index contributed by atoms with van der Waals surface area (Å²) in [5, 5.41) is 12.3. The minimum atomic E-state index is 0.0986. The molecule has 2 aromatic heterocycles. The number of nitrogens with two attached hydrogens (primary N) is 1. The lowest BCUT2D eigenvalue weighted by molar-refractivity contribution is -0.00541. The van der Waals surface area contributed by atoms with Gasteiger partial charge in [-0.3, -0.25) is 0 Å². The Morgan fingerprint density at radius 2 is 1.86 bits per heavy atom. The summed E-state index contributed by atoms with van der Waals surface area (Å²) < 4.78 is 5.86.